The summed E-state index contributed by atoms with van der Waals surface area (Å²) >= 11 is 0. The van der Waals surface area contributed by atoms with Gasteiger partial charge in [0.2, 0.25) is 5.91 Å². The van der Waals surface area contributed by atoms with Crippen LogP contribution in [-0.2, 0) is 20.7 Å². The zero-order valence-electron chi connectivity index (χ0n) is 12.0. The lowest BCUT2D eigenvalue weighted by atomic mass is 10.1. The SMILES string of the molecule is COCC(NC(=O)Cc1c[nH]c2c(C)cccc12)C(=O)O. The van der Waals surface area contributed by atoms with Gasteiger partial charge in [-0.1, -0.05) is 18.2 Å². The maximum Gasteiger partial charge on any atom is 0.328 e. The van der Waals surface area contributed by atoms with Gasteiger partial charge < -0.3 is 20.1 Å². The Kier molecular flexibility index (Phi) is 4.59. The number of aryl methyl sites for hydroxylation is 1. The number of aromatic amines is 1. The predicted octanol–water partition coefficient (Wildman–Crippen LogP) is 1.23. The van der Waals surface area contributed by atoms with Crippen LogP contribution in [0.4, 0.5) is 0 Å². The lowest BCUT2D eigenvalue weighted by Crippen LogP contribution is -2.44. The number of aliphatic carboxylic acids is 1. The van der Waals surface area contributed by atoms with Crippen molar-refractivity contribution in [2.75, 3.05) is 13.7 Å². The summed E-state index contributed by atoms with van der Waals surface area (Å²) < 4.78 is 4.79. The van der Waals surface area contributed by atoms with Crippen molar-refractivity contribution in [1.82, 2.24) is 10.3 Å². The van der Waals surface area contributed by atoms with Crippen LogP contribution in [0.3, 0.4) is 0 Å². The number of nitrogens with one attached hydrogen (secondary N) is 2. The van der Waals surface area contributed by atoms with E-state index in [1.807, 2.05) is 25.1 Å². The number of carbonyl (C=O) groups excluding carboxylic acids is 1. The molecule has 0 fully saturated rings. The number of benzene rings is 1. The highest BCUT2D eigenvalue weighted by atomic mass is 16.5. The van der Waals surface area contributed by atoms with E-state index in [0.29, 0.717) is 0 Å². The Labute approximate surface area is 122 Å². The second kappa shape index (κ2) is 6.41. The maximum absolute atomic E-state index is 12.0. The fourth-order valence-corrected chi connectivity index (χ4v) is 2.27. The van der Waals surface area contributed by atoms with E-state index in [1.165, 1.54) is 7.11 Å². The monoisotopic (exact) mass is 290 g/mol. The number of amides is 1. The number of hydrogen-bond donors (Lipinski definition) is 3. The maximum atomic E-state index is 12.0. The molecule has 21 heavy (non-hydrogen) atoms. The second-order valence-electron chi connectivity index (χ2n) is 4.90. The van der Waals surface area contributed by atoms with Gasteiger partial charge in [0.05, 0.1) is 13.0 Å². The van der Waals surface area contributed by atoms with Gasteiger partial charge in [-0.15, -0.1) is 0 Å². The van der Waals surface area contributed by atoms with Crippen LogP contribution in [0.1, 0.15) is 11.1 Å². The topological polar surface area (TPSA) is 91.4 Å². The van der Waals surface area contributed by atoms with Crippen LogP contribution in [0.25, 0.3) is 10.9 Å². The van der Waals surface area contributed by atoms with E-state index in [4.69, 9.17) is 9.84 Å². The van der Waals surface area contributed by atoms with E-state index in [2.05, 4.69) is 10.3 Å². The number of carbonyl (C=O) groups is 2. The lowest BCUT2D eigenvalue weighted by molar-refractivity contribution is -0.143. The van der Waals surface area contributed by atoms with E-state index in [0.717, 1.165) is 22.0 Å². The predicted molar refractivity (Wildman–Crippen MR) is 78.2 cm³/mol. The van der Waals surface area contributed by atoms with E-state index in [1.54, 1.807) is 6.20 Å². The third-order valence-corrected chi connectivity index (χ3v) is 3.33. The van der Waals surface area contributed by atoms with Gasteiger partial charge in [-0.25, -0.2) is 4.79 Å². The summed E-state index contributed by atoms with van der Waals surface area (Å²) in [6.45, 7) is 1.93. The van der Waals surface area contributed by atoms with E-state index >= 15 is 0 Å². The first kappa shape index (κ1) is 15.1. The molecule has 0 aliphatic heterocycles. The molecule has 1 amide bonds. The van der Waals surface area contributed by atoms with Crippen LogP contribution in [0.15, 0.2) is 24.4 Å². The Morgan fingerprint density at radius 1 is 1.43 bits per heavy atom. The lowest BCUT2D eigenvalue weighted by Gasteiger charge is -2.13. The summed E-state index contributed by atoms with van der Waals surface area (Å²) in [5.74, 6) is -1.46. The highest BCUT2D eigenvalue weighted by Crippen LogP contribution is 2.21. The highest BCUT2D eigenvalue weighted by molar-refractivity contribution is 5.91. The summed E-state index contributed by atoms with van der Waals surface area (Å²) in [6.07, 6.45) is 1.90. The van der Waals surface area contributed by atoms with Crippen molar-refractivity contribution in [2.45, 2.75) is 19.4 Å². The van der Waals surface area contributed by atoms with Gasteiger partial charge in [0.1, 0.15) is 0 Å². The first-order chi connectivity index (χ1) is 10.0. The molecule has 0 radical (unpaired) electrons. The first-order valence-electron chi connectivity index (χ1n) is 6.59. The molecule has 0 aliphatic carbocycles. The summed E-state index contributed by atoms with van der Waals surface area (Å²) in [7, 11) is 1.39. The van der Waals surface area contributed by atoms with Gasteiger partial charge in [0.25, 0.3) is 0 Å². The molecule has 0 aliphatic rings. The standard InChI is InChI=1S/C15H18N2O4/c1-9-4-3-5-11-10(7-16-14(9)11)6-13(18)17-12(8-21-2)15(19)20/h3-5,7,12,16H,6,8H2,1-2H3,(H,17,18)(H,19,20). The molecule has 112 valence electrons. The van der Waals surface area contributed by atoms with Crippen molar-refractivity contribution in [3.63, 3.8) is 0 Å². The Balaban J connectivity index is 2.11. The van der Waals surface area contributed by atoms with E-state index in [-0.39, 0.29) is 18.9 Å². The Bertz CT molecular complexity index is 663. The van der Waals surface area contributed by atoms with E-state index < -0.39 is 12.0 Å². The number of hydrogen-bond acceptors (Lipinski definition) is 3. The molecule has 0 spiro atoms. The molecule has 1 atom stereocenters. The quantitative estimate of drug-likeness (QED) is 0.746. The summed E-state index contributed by atoms with van der Waals surface area (Å²) in [5, 5.41) is 12.4. The molecule has 2 rings (SSSR count). The van der Waals surface area contributed by atoms with Crippen LogP contribution >= 0.6 is 0 Å². The van der Waals surface area contributed by atoms with Gasteiger partial charge in [-0.05, 0) is 18.1 Å². The van der Waals surface area contributed by atoms with Crippen molar-refractivity contribution in [3.8, 4) is 0 Å². The molecular weight excluding hydrogens is 272 g/mol. The number of para-hydroxylation sites is 1. The normalized spacial score (nSPS) is 12.3. The second-order valence-corrected chi connectivity index (χ2v) is 4.90. The molecule has 2 aromatic rings. The zero-order valence-corrected chi connectivity index (χ0v) is 12.0. The van der Waals surface area contributed by atoms with Crippen LogP contribution in [0.2, 0.25) is 0 Å². The third kappa shape index (κ3) is 3.41. The smallest absolute Gasteiger partial charge is 0.328 e. The molecule has 1 unspecified atom stereocenters. The number of aromatic nitrogens is 1. The number of fused-ring (bicyclic) bond motifs is 1. The minimum absolute atomic E-state index is 0.0614. The van der Waals surface area contributed by atoms with Crippen molar-refractivity contribution < 1.29 is 19.4 Å². The van der Waals surface area contributed by atoms with Gasteiger partial charge in [-0.2, -0.15) is 0 Å². The molecule has 0 saturated heterocycles. The van der Waals surface area contributed by atoms with Crippen LogP contribution < -0.4 is 5.32 Å². The van der Waals surface area contributed by atoms with Crippen molar-refractivity contribution >= 4 is 22.8 Å². The summed E-state index contributed by atoms with van der Waals surface area (Å²) in [6, 6.07) is 4.82. The minimum Gasteiger partial charge on any atom is -0.480 e. The van der Waals surface area contributed by atoms with Gasteiger partial charge in [0.15, 0.2) is 6.04 Å². The fraction of sp³-hybridized carbons (Fsp3) is 0.333. The first-order valence-corrected chi connectivity index (χ1v) is 6.59. The third-order valence-electron chi connectivity index (χ3n) is 3.33. The molecule has 1 heterocycles. The molecule has 0 saturated carbocycles. The van der Waals surface area contributed by atoms with Crippen molar-refractivity contribution in [3.05, 3.63) is 35.5 Å². The van der Waals surface area contributed by atoms with Crippen LogP contribution in [-0.4, -0.2) is 41.7 Å². The fourth-order valence-electron chi connectivity index (χ4n) is 2.27. The van der Waals surface area contributed by atoms with Gasteiger partial charge in [0, 0.05) is 24.2 Å². The number of ether oxygens (including phenoxy) is 1. The van der Waals surface area contributed by atoms with E-state index in [9.17, 15) is 9.59 Å². The van der Waals surface area contributed by atoms with Crippen LogP contribution in [0.5, 0.6) is 0 Å². The number of methoxy groups -OCH3 is 1. The largest absolute Gasteiger partial charge is 0.480 e. The summed E-state index contributed by atoms with van der Waals surface area (Å²) in [5.41, 5.74) is 2.93. The molecule has 0 bridgehead atoms. The number of H-pyrrole nitrogens is 1. The molecule has 3 N–H and O–H groups in total. The Morgan fingerprint density at radius 2 is 2.19 bits per heavy atom. The number of rotatable bonds is 6. The zero-order chi connectivity index (χ0) is 15.4. The molecule has 1 aromatic carbocycles. The molecular formula is C15H18N2O4. The van der Waals surface area contributed by atoms with Crippen molar-refractivity contribution in [2.24, 2.45) is 0 Å². The Morgan fingerprint density at radius 3 is 2.86 bits per heavy atom. The molecule has 6 nitrogen and oxygen atoms in total. The van der Waals surface area contributed by atoms with Crippen LogP contribution in [0, 0.1) is 6.92 Å². The number of carboxylic acid groups (broad SMARTS) is 1. The molecule has 1 aromatic heterocycles. The average Bonchev–Trinajstić information content (AvgIpc) is 2.83. The Hall–Kier alpha value is -2.34. The minimum atomic E-state index is -1.11. The number of carboxylic acids is 1. The molecule has 6 heteroatoms. The average molecular weight is 290 g/mol. The highest BCUT2D eigenvalue weighted by Gasteiger charge is 2.20. The van der Waals surface area contributed by atoms with Gasteiger partial charge >= 0.3 is 5.97 Å². The van der Waals surface area contributed by atoms with Crippen molar-refractivity contribution in [1.29, 1.82) is 0 Å². The van der Waals surface area contributed by atoms with Gasteiger partial charge in [-0.3, -0.25) is 4.79 Å². The summed E-state index contributed by atoms with van der Waals surface area (Å²) in [4.78, 5) is 26.1.